The summed E-state index contributed by atoms with van der Waals surface area (Å²) in [5.41, 5.74) is 3.35. The molecule has 3 aliphatic rings. The van der Waals surface area contributed by atoms with Gasteiger partial charge in [-0.2, -0.15) is 5.26 Å². The van der Waals surface area contributed by atoms with Gasteiger partial charge in [-0.1, -0.05) is 23.9 Å². The Morgan fingerprint density at radius 3 is 2.44 bits per heavy atom. The van der Waals surface area contributed by atoms with E-state index in [1.165, 1.54) is 46.8 Å². The molecule has 0 radical (unpaired) electrons. The summed E-state index contributed by atoms with van der Waals surface area (Å²) in [6, 6.07) is 19.1. The first-order chi connectivity index (χ1) is 12.2. The SMILES string of the molecule is CN1C2CCC1CC(N1c3ccccc3Sc3cc(C#N)ccc31)C2. The predicted octanol–water partition coefficient (Wildman–Crippen LogP) is 4.79. The standard InChI is InChI=1S/C21H21N3S/c1-23-15-7-8-16(23)12-17(11-15)24-18-4-2-3-5-20(18)25-21-10-14(13-22)6-9-19(21)24/h2-6,9-10,15-17H,7-8,11-12H2,1H3. The summed E-state index contributed by atoms with van der Waals surface area (Å²) >= 11 is 1.79. The summed E-state index contributed by atoms with van der Waals surface area (Å²) in [5, 5.41) is 9.28. The third kappa shape index (κ3) is 2.38. The highest BCUT2D eigenvalue weighted by molar-refractivity contribution is 7.99. The second-order valence-electron chi connectivity index (χ2n) is 7.41. The maximum atomic E-state index is 9.28. The van der Waals surface area contributed by atoms with Crippen molar-refractivity contribution in [3.63, 3.8) is 0 Å². The Hall–Kier alpha value is -1.96. The molecule has 2 saturated heterocycles. The molecule has 25 heavy (non-hydrogen) atoms. The predicted molar refractivity (Wildman–Crippen MR) is 101 cm³/mol. The van der Waals surface area contributed by atoms with E-state index < -0.39 is 0 Å². The van der Waals surface area contributed by atoms with Crippen molar-refractivity contribution in [2.45, 2.75) is 53.6 Å². The van der Waals surface area contributed by atoms with Gasteiger partial charge in [-0.05, 0) is 63.1 Å². The molecule has 0 aliphatic carbocycles. The first kappa shape index (κ1) is 15.3. The third-order valence-electron chi connectivity index (χ3n) is 6.13. The lowest BCUT2D eigenvalue weighted by Gasteiger charge is -2.45. The number of anilines is 2. The topological polar surface area (TPSA) is 30.3 Å². The molecule has 0 aromatic heterocycles. The van der Waals surface area contributed by atoms with E-state index >= 15 is 0 Å². The summed E-state index contributed by atoms with van der Waals surface area (Å²) in [6.07, 6.45) is 5.13. The van der Waals surface area contributed by atoms with Crippen molar-refractivity contribution in [2.24, 2.45) is 0 Å². The van der Waals surface area contributed by atoms with Gasteiger partial charge in [0.2, 0.25) is 0 Å². The fourth-order valence-corrected chi connectivity index (χ4v) is 5.95. The van der Waals surface area contributed by atoms with Gasteiger partial charge in [0.1, 0.15) is 0 Å². The van der Waals surface area contributed by atoms with Gasteiger partial charge in [-0.15, -0.1) is 0 Å². The fourth-order valence-electron chi connectivity index (χ4n) is 4.84. The van der Waals surface area contributed by atoms with Crippen LogP contribution in [0.3, 0.4) is 0 Å². The summed E-state index contributed by atoms with van der Waals surface area (Å²) in [6.45, 7) is 0. The minimum absolute atomic E-state index is 0.544. The maximum Gasteiger partial charge on any atom is 0.0992 e. The number of para-hydroxylation sites is 1. The van der Waals surface area contributed by atoms with E-state index in [2.05, 4.69) is 53.2 Å². The number of fused-ring (bicyclic) bond motifs is 4. The van der Waals surface area contributed by atoms with E-state index in [1.807, 2.05) is 12.1 Å². The van der Waals surface area contributed by atoms with Crippen molar-refractivity contribution in [3.8, 4) is 6.07 Å². The Morgan fingerprint density at radius 2 is 1.68 bits per heavy atom. The van der Waals surface area contributed by atoms with Gasteiger partial charge in [0.05, 0.1) is 23.0 Å². The van der Waals surface area contributed by atoms with Gasteiger partial charge in [0.15, 0.2) is 0 Å². The van der Waals surface area contributed by atoms with Gasteiger partial charge < -0.3 is 9.80 Å². The molecule has 2 fully saturated rings. The number of hydrogen-bond donors (Lipinski definition) is 0. The summed E-state index contributed by atoms with van der Waals surface area (Å²) < 4.78 is 0. The van der Waals surface area contributed by atoms with Gasteiger partial charge in [0, 0.05) is 27.9 Å². The first-order valence-corrected chi connectivity index (χ1v) is 9.88. The number of hydrogen-bond acceptors (Lipinski definition) is 4. The lowest BCUT2D eigenvalue weighted by molar-refractivity contribution is 0.162. The zero-order valence-corrected chi connectivity index (χ0v) is 15.2. The van der Waals surface area contributed by atoms with Crippen molar-refractivity contribution in [3.05, 3.63) is 48.0 Å². The molecule has 126 valence electrons. The second kappa shape index (κ2) is 5.79. The molecule has 2 aromatic rings. The van der Waals surface area contributed by atoms with Crippen LogP contribution in [0.15, 0.2) is 52.3 Å². The number of nitriles is 1. The number of nitrogens with zero attached hydrogens (tertiary/aromatic N) is 3. The Labute approximate surface area is 153 Å². The van der Waals surface area contributed by atoms with E-state index in [0.29, 0.717) is 18.1 Å². The van der Waals surface area contributed by atoms with Gasteiger partial charge in [-0.25, -0.2) is 0 Å². The molecular weight excluding hydrogens is 326 g/mol. The molecule has 3 aliphatic heterocycles. The Balaban J connectivity index is 1.61. The normalized spacial score (nSPS) is 27.5. The van der Waals surface area contributed by atoms with E-state index in [1.54, 1.807) is 11.8 Å². The highest BCUT2D eigenvalue weighted by atomic mass is 32.2. The van der Waals surface area contributed by atoms with Crippen LogP contribution in [0.5, 0.6) is 0 Å². The van der Waals surface area contributed by atoms with E-state index in [-0.39, 0.29) is 0 Å². The zero-order valence-electron chi connectivity index (χ0n) is 14.4. The molecule has 2 atom stereocenters. The largest absolute Gasteiger partial charge is 0.336 e. The van der Waals surface area contributed by atoms with Gasteiger partial charge in [0.25, 0.3) is 0 Å². The molecule has 3 nitrogen and oxygen atoms in total. The van der Waals surface area contributed by atoms with Crippen LogP contribution in [0.25, 0.3) is 0 Å². The first-order valence-electron chi connectivity index (χ1n) is 9.07. The molecule has 0 spiro atoms. The van der Waals surface area contributed by atoms with Gasteiger partial charge >= 0.3 is 0 Å². The lowest BCUT2D eigenvalue weighted by Crippen LogP contribution is -2.48. The zero-order chi connectivity index (χ0) is 17.0. The smallest absolute Gasteiger partial charge is 0.0992 e. The number of piperidine rings is 1. The van der Waals surface area contributed by atoms with Gasteiger partial charge in [-0.3, -0.25) is 0 Å². The Morgan fingerprint density at radius 1 is 0.960 bits per heavy atom. The molecule has 4 heteroatoms. The monoisotopic (exact) mass is 347 g/mol. The molecule has 5 rings (SSSR count). The fraction of sp³-hybridized carbons (Fsp3) is 0.381. The van der Waals surface area contributed by atoms with Crippen LogP contribution in [-0.4, -0.2) is 30.1 Å². The molecule has 3 heterocycles. The van der Waals surface area contributed by atoms with Crippen molar-refractivity contribution in [1.29, 1.82) is 5.26 Å². The molecule has 0 amide bonds. The number of rotatable bonds is 1. The van der Waals surface area contributed by atoms with E-state index in [4.69, 9.17) is 0 Å². The average Bonchev–Trinajstić information content (AvgIpc) is 2.85. The summed E-state index contributed by atoms with van der Waals surface area (Å²) in [4.78, 5) is 7.68. The molecule has 2 bridgehead atoms. The molecule has 0 saturated carbocycles. The molecule has 2 unspecified atom stereocenters. The highest BCUT2D eigenvalue weighted by Crippen LogP contribution is 2.51. The third-order valence-corrected chi connectivity index (χ3v) is 7.24. The van der Waals surface area contributed by atoms with Crippen LogP contribution in [0.1, 0.15) is 31.2 Å². The minimum atomic E-state index is 0.544. The number of benzene rings is 2. The second-order valence-corrected chi connectivity index (χ2v) is 8.49. The lowest BCUT2D eigenvalue weighted by atomic mass is 9.95. The van der Waals surface area contributed by atoms with Crippen LogP contribution in [0, 0.1) is 11.3 Å². The Bertz CT molecular complexity index is 858. The highest BCUT2D eigenvalue weighted by Gasteiger charge is 2.42. The molecule has 0 N–H and O–H groups in total. The van der Waals surface area contributed by atoms with Crippen LogP contribution >= 0.6 is 11.8 Å². The quantitative estimate of drug-likeness (QED) is 0.742. The van der Waals surface area contributed by atoms with Crippen molar-refractivity contribution >= 4 is 23.1 Å². The van der Waals surface area contributed by atoms with Crippen molar-refractivity contribution in [2.75, 3.05) is 11.9 Å². The van der Waals surface area contributed by atoms with Crippen LogP contribution in [0.2, 0.25) is 0 Å². The van der Waals surface area contributed by atoms with Crippen molar-refractivity contribution < 1.29 is 0 Å². The van der Waals surface area contributed by atoms with E-state index in [0.717, 1.165) is 5.56 Å². The Kier molecular flexibility index (Phi) is 3.55. The summed E-state index contributed by atoms with van der Waals surface area (Å²) in [5.74, 6) is 0. The van der Waals surface area contributed by atoms with Crippen LogP contribution < -0.4 is 4.90 Å². The van der Waals surface area contributed by atoms with Crippen molar-refractivity contribution in [1.82, 2.24) is 4.90 Å². The molecular formula is C21H21N3S. The molecule has 2 aromatic carbocycles. The minimum Gasteiger partial charge on any atom is -0.336 e. The summed E-state index contributed by atoms with van der Waals surface area (Å²) in [7, 11) is 2.30. The maximum absolute atomic E-state index is 9.28. The average molecular weight is 347 g/mol. The van der Waals surface area contributed by atoms with Crippen LogP contribution in [0.4, 0.5) is 11.4 Å². The van der Waals surface area contributed by atoms with Crippen LogP contribution in [-0.2, 0) is 0 Å². The van der Waals surface area contributed by atoms with E-state index in [9.17, 15) is 5.26 Å².